The summed E-state index contributed by atoms with van der Waals surface area (Å²) in [5.74, 6) is 0.784. The molecular formula is C20H26N2O2. The number of hydrogen-bond donors (Lipinski definition) is 2. The quantitative estimate of drug-likeness (QED) is 0.906. The summed E-state index contributed by atoms with van der Waals surface area (Å²) in [6, 6.07) is 12.7. The number of nitrogens with one attached hydrogen (secondary N) is 1. The second-order valence-corrected chi connectivity index (χ2v) is 6.81. The minimum atomic E-state index is -0.160. The Morgan fingerprint density at radius 3 is 2.50 bits per heavy atom. The highest BCUT2D eigenvalue weighted by Crippen LogP contribution is 2.26. The van der Waals surface area contributed by atoms with Crippen molar-refractivity contribution in [2.75, 3.05) is 7.11 Å². The predicted molar refractivity (Wildman–Crippen MR) is 97.3 cm³/mol. The summed E-state index contributed by atoms with van der Waals surface area (Å²) in [7, 11) is 1.67. The third-order valence-electron chi connectivity index (χ3n) is 5.08. The highest BCUT2D eigenvalue weighted by molar-refractivity contribution is 5.88. The summed E-state index contributed by atoms with van der Waals surface area (Å²) in [5.41, 5.74) is 6.97. The van der Waals surface area contributed by atoms with Gasteiger partial charge < -0.3 is 15.8 Å². The molecule has 1 unspecified atom stereocenters. The normalized spacial score (nSPS) is 22.1. The molecule has 4 nitrogen and oxygen atoms in total. The van der Waals surface area contributed by atoms with Gasteiger partial charge in [-0.1, -0.05) is 24.3 Å². The van der Waals surface area contributed by atoms with Crippen molar-refractivity contribution >= 4 is 16.7 Å². The van der Waals surface area contributed by atoms with Crippen LogP contribution in [-0.4, -0.2) is 25.1 Å². The molecule has 24 heavy (non-hydrogen) atoms. The van der Waals surface area contributed by atoms with Crippen LogP contribution >= 0.6 is 0 Å². The molecule has 1 saturated carbocycles. The van der Waals surface area contributed by atoms with Gasteiger partial charge in [-0.2, -0.15) is 0 Å². The smallest absolute Gasteiger partial charge is 0.227 e. The zero-order valence-electron chi connectivity index (χ0n) is 14.4. The van der Waals surface area contributed by atoms with E-state index in [2.05, 4.69) is 17.4 Å². The third-order valence-corrected chi connectivity index (χ3v) is 5.08. The van der Waals surface area contributed by atoms with E-state index < -0.39 is 0 Å². The van der Waals surface area contributed by atoms with Crippen LogP contribution in [0.1, 0.15) is 44.1 Å². The Hall–Kier alpha value is -2.07. The Kier molecular flexibility index (Phi) is 5.05. The number of methoxy groups -OCH3 is 1. The number of amides is 1. The van der Waals surface area contributed by atoms with Crippen molar-refractivity contribution in [1.29, 1.82) is 0 Å². The van der Waals surface area contributed by atoms with Crippen LogP contribution in [0, 0.1) is 0 Å². The topological polar surface area (TPSA) is 64.3 Å². The standard InChI is InChI=1S/C20H26N2O2/c1-13(20(23)22-18-8-6-17(21)7-9-18)14-3-4-16-12-19(24-2)10-5-15(16)11-14/h3-5,10-13,17-18H,6-9,21H2,1-2H3,(H,22,23)/t13?,17-,18-. The highest BCUT2D eigenvalue weighted by atomic mass is 16.5. The van der Waals surface area contributed by atoms with Gasteiger partial charge in [-0.25, -0.2) is 0 Å². The molecule has 128 valence electrons. The van der Waals surface area contributed by atoms with Crippen molar-refractivity contribution in [1.82, 2.24) is 5.32 Å². The average Bonchev–Trinajstić information content (AvgIpc) is 2.62. The van der Waals surface area contributed by atoms with Gasteiger partial charge in [0.05, 0.1) is 13.0 Å². The van der Waals surface area contributed by atoms with Crippen LogP contribution in [0.15, 0.2) is 36.4 Å². The first-order valence-electron chi connectivity index (χ1n) is 8.70. The summed E-state index contributed by atoms with van der Waals surface area (Å²) in [4.78, 5) is 12.6. The van der Waals surface area contributed by atoms with E-state index in [0.29, 0.717) is 6.04 Å². The second-order valence-electron chi connectivity index (χ2n) is 6.81. The Labute approximate surface area is 143 Å². The summed E-state index contributed by atoms with van der Waals surface area (Å²) >= 11 is 0. The fourth-order valence-corrected chi connectivity index (χ4v) is 3.38. The van der Waals surface area contributed by atoms with E-state index in [1.54, 1.807) is 7.11 Å². The molecule has 1 atom stereocenters. The van der Waals surface area contributed by atoms with Gasteiger partial charge in [0.15, 0.2) is 0 Å². The van der Waals surface area contributed by atoms with Crippen LogP contribution < -0.4 is 15.8 Å². The molecule has 0 radical (unpaired) electrons. The van der Waals surface area contributed by atoms with Crippen LogP contribution in [0.3, 0.4) is 0 Å². The van der Waals surface area contributed by atoms with Crippen molar-refractivity contribution in [2.45, 2.75) is 50.6 Å². The molecule has 1 amide bonds. The van der Waals surface area contributed by atoms with E-state index in [-0.39, 0.29) is 17.9 Å². The fraction of sp³-hybridized carbons (Fsp3) is 0.450. The minimum absolute atomic E-state index is 0.100. The van der Waals surface area contributed by atoms with Gasteiger partial charge >= 0.3 is 0 Å². The molecular weight excluding hydrogens is 300 g/mol. The van der Waals surface area contributed by atoms with Crippen LogP contribution in [0.25, 0.3) is 10.8 Å². The van der Waals surface area contributed by atoms with Crippen LogP contribution in [-0.2, 0) is 4.79 Å². The molecule has 1 fully saturated rings. The van der Waals surface area contributed by atoms with Gasteiger partial charge in [-0.15, -0.1) is 0 Å². The Bertz CT molecular complexity index is 721. The lowest BCUT2D eigenvalue weighted by Crippen LogP contribution is -2.42. The van der Waals surface area contributed by atoms with Gasteiger partial charge in [0, 0.05) is 12.1 Å². The number of carbonyl (C=O) groups is 1. The summed E-state index contributed by atoms with van der Waals surface area (Å²) in [6.07, 6.45) is 3.96. The number of fused-ring (bicyclic) bond motifs is 1. The molecule has 0 aliphatic heterocycles. The number of carbonyl (C=O) groups excluding carboxylic acids is 1. The van der Waals surface area contributed by atoms with Gasteiger partial charge in [0.25, 0.3) is 0 Å². The second kappa shape index (κ2) is 7.22. The van der Waals surface area contributed by atoms with Crippen LogP contribution in [0.5, 0.6) is 5.75 Å². The summed E-state index contributed by atoms with van der Waals surface area (Å²) in [6.45, 7) is 1.97. The average molecular weight is 326 g/mol. The largest absolute Gasteiger partial charge is 0.497 e. The Morgan fingerprint density at radius 2 is 1.79 bits per heavy atom. The van der Waals surface area contributed by atoms with Gasteiger partial charge in [0.2, 0.25) is 5.91 Å². The first-order valence-corrected chi connectivity index (χ1v) is 8.70. The maximum absolute atomic E-state index is 12.6. The highest BCUT2D eigenvalue weighted by Gasteiger charge is 2.23. The monoisotopic (exact) mass is 326 g/mol. The number of benzene rings is 2. The lowest BCUT2D eigenvalue weighted by atomic mass is 9.90. The lowest BCUT2D eigenvalue weighted by Gasteiger charge is -2.28. The Balaban J connectivity index is 1.70. The van der Waals surface area contributed by atoms with Gasteiger partial charge in [0.1, 0.15) is 5.75 Å². The fourth-order valence-electron chi connectivity index (χ4n) is 3.38. The molecule has 3 N–H and O–H groups in total. The predicted octanol–water partition coefficient (Wildman–Crippen LogP) is 3.34. The lowest BCUT2D eigenvalue weighted by molar-refractivity contribution is -0.123. The molecule has 3 rings (SSSR count). The maximum atomic E-state index is 12.6. The SMILES string of the molecule is COc1ccc2cc(C(C)C(=O)N[C@H]3CC[C@H](N)CC3)ccc2c1. The van der Waals surface area contributed by atoms with E-state index in [9.17, 15) is 4.79 Å². The molecule has 0 saturated heterocycles. The third kappa shape index (κ3) is 3.70. The molecule has 2 aromatic rings. The molecule has 0 bridgehead atoms. The summed E-state index contributed by atoms with van der Waals surface area (Å²) < 4.78 is 5.26. The molecule has 1 aliphatic rings. The first-order chi connectivity index (χ1) is 11.6. The number of rotatable bonds is 4. The van der Waals surface area contributed by atoms with E-state index in [4.69, 9.17) is 10.5 Å². The van der Waals surface area contributed by atoms with E-state index >= 15 is 0 Å². The van der Waals surface area contributed by atoms with E-state index in [0.717, 1.165) is 47.8 Å². The molecule has 0 heterocycles. The van der Waals surface area contributed by atoms with Gasteiger partial charge in [-0.05, 0) is 61.1 Å². The number of hydrogen-bond acceptors (Lipinski definition) is 3. The molecule has 2 aromatic carbocycles. The van der Waals surface area contributed by atoms with Crippen LogP contribution in [0.2, 0.25) is 0 Å². The Morgan fingerprint density at radius 1 is 1.12 bits per heavy atom. The molecule has 0 spiro atoms. The zero-order valence-corrected chi connectivity index (χ0v) is 14.4. The number of ether oxygens (including phenoxy) is 1. The maximum Gasteiger partial charge on any atom is 0.227 e. The number of nitrogens with two attached hydrogens (primary N) is 1. The first kappa shape index (κ1) is 16.8. The van der Waals surface area contributed by atoms with Crippen molar-refractivity contribution in [3.63, 3.8) is 0 Å². The zero-order chi connectivity index (χ0) is 17.1. The molecule has 1 aliphatic carbocycles. The summed E-state index contributed by atoms with van der Waals surface area (Å²) in [5, 5.41) is 5.43. The van der Waals surface area contributed by atoms with E-state index in [1.807, 2.05) is 31.2 Å². The van der Waals surface area contributed by atoms with Crippen LogP contribution in [0.4, 0.5) is 0 Å². The molecule has 4 heteroatoms. The van der Waals surface area contributed by atoms with E-state index in [1.165, 1.54) is 0 Å². The van der Waals surface area contributed by atoms with Crippen molar-refractivity contribution in [2.24, 2.45) is 5.73 Å². The molecule has 0 aromatic heterocycles. The van der Waals surface area contributed by atoms with Crippen molar-refractivity contribution in [3.8, 4) is 5.75 Å². The van der Waals surface area contributed by atoms with Crippen molar-refractivity contribution < 1.29 is 9.53 Å². The van der Waals surface area contributed by atoms with Gasteiger partial charge in [-0.3, -0.25) is 4.79 Å². The van der Waals surface area contributed by atoms with Crippen molar-refractivity contribution in [3.05, 3.63) is 42.0 Å². The minimum Gasteiger partial charge on any atom is -0.497 e.